The number of hydrogen-bond donors (Lipinski definition) is 1. The standard InChI is InChI=1S/C17H15Cl2N3O2S2/c18-13-2-1-11(9-14(13)19)26(23,24)16-10-12-15(25-16)3-4-21-17(12)22-7-5-20-6-8-22/h1-4,9-10,20H,5-8H2. The molecule has 1 aliphatic heterocycles. The van der Waals surface area contributed by atoms with Crippen LogP contribution >= 0.6 is 34.5 Å². The lowest BCUT2D eigenvalue weighted by Gasteiger charge is -2.28. The van der Waals surface area contributed by atoms with E-state index < -0.39 is 9.84 Å². The van der Waals surface area contributed by atoms with Gasteiger partial charge in [0, 0.05) is 42.5 Å². The van der Waals surface area contributed by atoms with E-state index in [0.29, 0.717) is 5.02 Å². The highest BCUT2D eigenvalue weighted by molar-refractivity contribution is 7.93. The Hall–Kier alpha value is -1.38. The molecule has 0 bridgehead atoms. The van der Waals surface area contributed by atoms with Crippen molar-refractivity contribution in [2.75, 3.05) is 31.1 Å². The zero-order valence-corrected chi connectivity index (χ0v) is 16.7. The molecule has 0 amide bonds. The first kappa shape index (κ1) is 18.0. The number of aromatic nitrogens is 1. The molecule has 1 fully saturated rings. The van der Waals surface area contributed by atoms with Crippen molar-refractivity contribution in [3.63, 3.8) is 0 Å². The van der Waals surface area contributed by atoms with Gasteiger partial charge in [-0.1, -0.05) is 23.2 Å². The van der Waals surface area contributed by atoms with Crippen LogP contribution in [0.4, 0.5) is 5.82 Å². The van der Waals surface area contributed by atoms with Crippen LogP contribution in [0.25, 0.3) is 10.1 Å². The highest BCUT2D eigenvalue weighted by Gasteiger charge is 2.24. The molecule has 0 unspecified atom stereocenters. The van der Waals surface area contributed by atoms with Crippen molar-refractivity contribution in [3.8, 4) is 0 Å². The topological polar surface area (TPSA) is 62.3 Å². The Balaban J connectivity index is 1.80. The van der Waals surface area contributed by atoms with E-state index in [1.807, 2.05) is 6.07 Å². The molecule has 26 heavy (non-hydrogen) atoms. The number of thiophene rings is 1. The summed E-state index contributed by atoms with van der Waals surface area (Å²) in [7, 11) is -3.67. The Bertz CT molecular complexity index is 1080. The molecule has 1 aromatic carbocycles. The van der Waals surface area contributed by atoms with Crippen LogP contribution in [-0.2, 0) is 9.84 Å². The highest BCUT2D eigenvalue weighted by Crippen LogP contribution is 2.37. The van der Waals surface area contributed by atoms with E-state index in [9.17, 15) is 8.42 Å². The lowest BCUT2D eigenvalue weighted by Crippen LogP contribution is -2.43. The first-order valence-corrected chi connectivity index (χ1v) is 11.1. The maximum Gasteiger partial charge on any atom is 0.216 e. The van der Waals surface area contributed by atoms with E-state index in [0.717, 1.165) is 42.1 Å². The van der Waals surface area contributed by atoms with Gasteiger partial charge in [-0.25, -0.2) is 13.4 Å². The Morgan fingerprint density at radius 3 is 2.58 bits per heavy atom. The summed E-state index contributed by atoms with van der Waals surface area (Å²) in [6.45, 7) is 3.46. The zero-order valence-electron chi connectivity index (χ0n) is 13.6. The Morgan fingerprint density at radius 1 is 1.08 bits per heavy atom. The third kappa shape index (κ3) is 3.18. The first-order chi connectivity index (χ1) is 12.5. The van der Waals surface area contributed by atoms with E-state index in [1.54, 1.807) is 12.3 Å². The van der Waals surface area contributed by atoms with Crippen molar-refractivity contribution in [1.29, 1.82) is 0 Å². The predicted molar refractivity (Wildman–Crippen MR) is 107 cm³/mol. The molecule has 5 nitrogen and oxygen atoms in total. The number of nitrogens with zero attached hydrogens (tertiary/aromatic N) is 2. The molecule has 136 valence electrons. The second-order valence-electron chi connectivity index (χ2n) is 5.93. The van der Waals surface area contributed by atoms with Crippen LogP contribution in [0.1, 0.15) is 0 Å². The summed E-state index contributed by atoms with van der Waals surface area (Å²) in [6.07, 6.45) is 1.73. The van der Waals surface area contributed by atoms with Gasteiger partial charge in [-0.2, -0.15) is 0 Å². The van der Waals surface area contributed by atoms with Crippen LogP contribution in [0, 0.1) is 0 Å². The minimum atomic E-state index is -3.67. The minimum Gasteiger partial charge on any atom is -0.354 e. The van der Waals surface area contributed by atoms with E-state index in [1.165, 1.54) is 29.5 Å². The highest BCUT2D eigenvalue weighted by atomic mass is 35.5. The molecule has 0 radical (unpaired) electrons. The molecule has 9 heteroatoms. The minimum absolute atomic E-state index is 0.134. The Morgan fingerprint density at radius 2 is 1.85 bits per heavy atom. The van der Waals surface area contributed by atoms with Gasteiger partial charge >= 0.3 is 0 Å². The number of rotatable bonds is 3. The molecular formula is C17H15Cl2N3O2S2. The summed E-state index contributed by atoms with van der Waals surface area (Å²) in [5, 5.41) is 4.71. The maximum atomic E-state index is 13.0. The van der Waals surface area contributed by atoms with Gasteiger partial charge in [0.05, 0.1) is 14.9 Å². The summed E-state index contributed by atoms with van der Waals surface area (Å²) >= 11 is 13.1. The van der Waals surface area contributed by atoms with Gasteiger partial charge in [0.2, 0.25) is 9.84 Å². The average molecular weight is 428 g/mol. The van der Waals surface area contributed by atoms with Crippen molar-refractivity contribution in [2.45, 2.75) is 9.10 Å². The molecule has 1 N–H and O–H groups in total. The molecule has 3 heterocycles. The number of hydrogen-bond acceptors (Lipinski definition) is 6. The van der Waals surface area contributed by atoms with Crippen molar-refractivity contribution in [1.82, 2.24) is 10.3 Å². The molecule has 3 aromatic rings. The largest absolute Gasteiger partial charge is 0.354 e. The number of benzene rings is 1. The molecule has 1 aliphatic rings. The van der Waals surface area contributed by atoms with Crippen molar-refractivity contribution >= 4 is 60.3 Å². The number of nitrogens with one attached hydrogen (secondary N) is 1. The number of anilines is 1. The molecule has 0 saturated carbocycles. The molecule has 0 spiro atoms. The van der Waals surface area contributed by atoms with Gasteiger partial charge in [-0.05, 0) is 30.3 Å². The van der Waals surface area contributed by atoms with Gasteiger partial charge < -0.3 is 10.2 Å². The number of fused-ring (bicyclic) bond motifs is 1. The predicted octanol–water partition coefficient (Wildman–Crippen LogP) is 3.85. The Labute approximate surface area is 165 Å². The zero-order chi connectivity index (χ0) is 18.3. The van der Waals surface area contributed by atoms with Gasteiger partial charge in [-0.15, -0.1) is 11.3 Å². The van der Waals surface area contributed by atoms with E-state index in [-0.39, 0.29) is 14.1 Å². The van der Waals surface area contributed by atoms with Crippen LogP contribution in [-0.4, -0.2) is 39.6 Å². The monoisotopic (exact) mass is 427 g/mol. The molecule has 1 saturated heterocycles. The van der Waals surface area contributed by atoms with Crippen LogP contribution in [0.15, 0.2) is 45.6 Å². The Kier molecular flexibility index (Phi) is 4.83. The fourth-order valence-electron chi connectivity index (χ4n) is 2.95. The quantitative estimate of drug-likeness (QED) is 0.687. The lowest BCUT2D eigenvalue weighted by atomic mass is 10.2. The van der Waals surface area contributed by atoms with E-state index in [2.05, 4.69) is 15.2 Å². The molecular weight excluding hydrogens is 413 g/mol. The van der Waals surface area contributed by atoms with Crippen LogP contribution in [0.2, 0.25) is 10.0 Å². The molecule has 0 aliphatic carbocycles. The summed E-state index contributed by atoms with van der Waals surface area (Å²) in [4.78, 5) is 6.81. The second-order valence-corrected chi connectivity index (χ2v) is 10.0. The van der Waals surface area contributed by atoms with Crippen LogP contribution in [0.3, 0.4) is 0 Å². The van der Waals surface area contributed by atoms with Crippen molar-refractivity contribution < 1.29 is 8.42 Å². The molecule has 0 atom stereocenters. The van der Waals surface area contributed by atoms with Crippen molar-refractivity contribution in [2.24, 2.45) is 0 Å². The fraction of sp³-hybridized carbons (Fsp3) is 0.235. The summed E-state index contributed by atoms with van der Waals surface area (Å²) in [5.74, 6) is 0.829. The SMILES string of the molecule is O=S(=O)(c1ccc(Cl)c(Cl)c1)c1cc2c(N3CCNCC3)nccc2s1. The third-order valence-corrected chi connectivity index (χ3v) is 8.35. The summed E-state index contributed by atoms with van der Waals surface area (Å²) < 4.78 is 27.2. The number of sulfone groups is 1. The maximum absolute atomic E-state index is 13.0. The smallest absolute Gasteiger partial charge is 0.216 e. The van der Waals surface area contributed by atoms with Gasteiger partial charge in [0.1, 0.15) is 10.0 Å². The van der Waals surface area contributed by atoms with Gasteiger partial charge in [0.25, 0.3) is 0 Å². The lowest BCUT2D eigenvalue weighted by molar-refractivity contribution is 0.586. The number of piperazine rings is 1. The second kappa shape index (κ2) is 6.98. The van der Waals surface area contributed by atoms with Gasteiger partial charge in [-0.3, -0.25) is 0 Å². The number of pyridine rings is 1. The number of halogens is 2. The van der Waals surface area contributed by atoms with E-state index in [4.69, 9.17) is 23.2 Å². The first-order valence-electron chi connectivity index (χ1n) is 8.01. The summed E-state index contributed by atoms with van der Waals surface area (Å²) in [5.41, 5.74) is 0. The molecule has 4 rings (SSSR count). The van der Waals surface area contributed by atoms with Crippen LogP contribution < -0.4 is 10.2 Å². The normalized spacial score (nSPS) is 15.5. The third-order valence-electron chi connectivity index (χ3n) is 4.28. The fourth-order valence-corrected chi connectivity index (χ4v) is 6.11. The molecule has 2 aromatic heterocycles. The summed E-state index contributed by atoms with van der Waals surface area (Å²) in [6, 6.07) is 7.92. The average Bonchev–Trinajstić information content (AvgIpc) is 3.10. The van der Waals surface area contributed by atoms with E-state index >= 15 is 0 Å². The van der Waals surface area contributed by atoms with Crippen LogP contribution in [0.5, 0.6) is 0 Å². The van der Waals surface area contributed by atoms with Gasteiger partial charge in [0.15, 0.2) is 0 Å². The van der Waals surface area contributed by atoms with Crippen molar-refractivity contribution in [3.05, 3.63) is 46.6 Å².